The van der Waals surface area contributed by atoms with E-state index in [0.717, 1.165) is 26.3 Å². The molecule has 112 valence electrons. The molecule has 1 N–H and O–H groups in total. The molecule has 0 saturated heterocycles. The van der Waals surface area contributed by atoms with Gasteiger partial charge in [0.15, 0.2) is 0 Å². The highest BCUT2D eigenvalue weighted by Crippen LogP contribution is 2.19. The van der Waals surface area contributed by atoms with Crippen LogP contribution in [0, 0.1) is 5.92 Å². The molecule has 0 fully saturated rings. The smallest absolute Gasteiger partial charge is 0.0591 e. The molecule has 0 heterocycles. The summed E-state index contributed by atoms with van der Waals surface area (Å²) in [5.41, 5.74) is 3.83. The minimum atomic E-state index is 0.607. The van der Waals surface area contributed by atoms with Crippen LogP contribution in [0.1, 0.15) is 19.4 Å². The van der Waals surface area contributed by atoms with Crippen LogP contribution in [0.3, 0.4) is 0 Å². The lowest BCUT2D eigenvalue weighted by molar-refractivity contribution is 0.111. The highest BCUT2D eigenvalue weighted by atomic mass is 16.5. The maximum atomic E-state index is 5.55. The van der Waals surface area contributed by atoms with Crippen molar-refractivity contribution in [2.24, 2.45) is 5.92 Å². The third-order valence-electron chi connectivity index (χ3n) is 3.26. The van der Waals surface area contributed by atoms with Crippen molar-refractivity contribution in [3.63, 3.8) is 0 Å². The Morgan fingerprint density at radius 1 is 0.905 bits per heavy atom. The predicted octanol–water partition coefficient (Wildman–Crippen LogP) is 4.12. The number of ether oxygens (including phenoxy) is 1. The van der Waals surface area contributed by atoms with E-state index in [1.807, 2.05) is 6.07 Å². The van der Waals surface area contributed by atoms with Crippen LogP contribution < -0.4 is 5.32 Å². The van der Waals surface area contributed by atoms with Gasteiger partial charge in [-0.2, -0.15) is 0 Å². The van der Waals surface area contributed by atoms with E-state index in [-0.39, 0.29) is 0 Å². The molecule has 2 aromatic rings. The topological polar surface area (TPSA) is 21.3 Å². The van der Waals surface area contributed by atoms with Crippen molar-refractivity contribution in [3.8, 4) is 11.1 Å². The zero-order valence-corrected chi connectivity index (χ0v) is 13.0. The molecule has 21 heavy (non-hydrogen) atoms. The first-order valence-electron chi connectivity index (χ1n) is 7.68. The molecule has 0 radical (unpaired) electrons. The second kappa shape index (κ2) is 8.60. The van der Waals surface area contributed by atoms with E-state index in [1.54, 1.807) is 0 Å². The molecule has 0 spiro atoms. The maximum Gasteiger partial charge on any atom is 0.0591 e. The van der Waals surface area contributed by atoms with Gasteiger partial charge in [-0.05, 0) is 22.6 Å². The van der Waals surface area contributed by atoms with Gasteiger partial charge in [-0.3, -0.25) is 0 Å². The summed E-state index contributed by atoms with van der Waals surface area (Å²) in [5, 5.41) is 3.41. The van der Waals surface area contributed by atoms with Gasteiger partial charge < -0.3 is 10.1 Å². The molecule has 0 saturated carbocycles. The Morgan fingerprint density at radius 3 is 2.24 bits per heavy atom. The van der Waals surface area contributed by atoms with Crippen molar-refractivity contribution in [2.45, 2.75) is 20.4 Å². The number of hydrogen-bond acceptors (Lipinski definition) is 2. The van der Waals surface area contributed by atoms with Crippen LogP contribution in [-0.4, -0.2) is 19.8 Å². The van der Waals surface area contributed by atoms with E-state index < -0.39 is 0 Å². The second-order valence-electron chi connectivity index (χ2n) is 5.71. The summed E-state index contributed by atoms with van der Waals surface area (Å²) in [5.74, 6) is 0.607. The third kappa shape index (κ3) is 5.70. The Hall–Kier alpha value is -1.64. The molecule has 2 aromatic carbocycles. The van der Waals surface area contributed by atoms with Gasteiger partial charge in [-0.25, -0.2) is 0 Å². The maximum absolute atomic E-state index is 5.55. The molecule has 2 nitrogen and oxygen atoms in total. The quantitative estimate of drug-likeness (QED) is 0.736. The number of hydrogen-bond donors (Lipinski definition) is 1. The molecule has 0 atom stereocenters. The standard InChI is InChI=1S/C19H25NO/c1-16(2)15-21-13-12-20-14-17-8-10-19(11-9-17)18-6-4-3-5-7-18/h3-11,16,20H,12-15H2,1-2H3. The molecule has 0 aliphatic heterocycles. The van der Waals surface area contributed by atoms with Gasteiger partial charge in [0.05, 0.1) is 6.61 Å². The number of benzene rings is 2. The second-order valence-corrected chi connectivity index (χ2v) is 5.71. The van der Waals surface area contributed by atoms with Gasteiger partial charge in [0.25, 0.3) is 0 Å². The van der Waals surface area contributed by atoms with Crippen molar-refractivity contribution in [3.05, 3.63) is 60.2 Å². The van der Waals surface area contributed by atoms with E-state index in [0.29, 0.717) is 5.92 Å². The molecule has 0 bridgehead atoms. The zero-order valence-electron chi connectivity index (χ0n) is 13.0. The molecule has 2 heteroatoms. The zero-order chi connectivity index (χ0) is 14.9. The van der Waals surface area contributed by atoms with E-state index in [4.69, 9.17) is 4.74 Å². The summed E-state index contributed by atoms with van der Waals surface area (Å²) in [4.78, 5) is 0. The molecular formula is C19H25NO. The van der Waals surface area contributed by atoms with Gasteiger partial charge in [0, 0.05) is 19.7 Å². The van der Waals surface area contributed by atoms with Crippen molar-refractivity contribution >= 4 is 0 Å². The highest BCUT2D eigenvalue weighted by Gasteiger charge is 1.98. The van der Waals surface area contributed by atoms with E-state index in [9.17, 15) is 0 Å². The largest absolute Gasteiger partial charge is 0.380 e. The summed E-state index contributed by atoms with van der Waals surface area (Å²) in [6, 6.07) is 19.2. The molecule has 0 aliphatic carbocycles. The lowest BCUT2D eigenvalue weighted by Crippen LogP contribution is -2.20. The lowest BCUT2D eigenvalue weighted by atomic mass is 10.0. The Bertz CT molecular complexity index is 505. The van der Waals surface area contributed by atoms with Crippen LogP contribution in [0.2, 0.25) is 0 Å². The van der Waals surface area contributed by atoms with Crippen molar-refractivity contribution in [1.29, 1.82) is 0 Å². The van der Waals surface area contributed by atoms with Crippen LogP contribution in [0.15, 0.2) is 54.6 Å². The monoisotopic (exact) mass is 283 g/mol. The van der Waals surface area contributed by atoms with Gasteiger partial charge >= 0.3 is 0 Å². The molecule has 2 rings (SSSR count). The summed E-state index contributed by atoms with van der Waals surface area (Å²) >= 11 is 0. The first-order chi connectivity index (χ1) is 10.3. The Balaban J connectivity index is 1.73. The Labute approximate surface area is 128 Å². The lowest BCUT2D eigenvalue weighted by Gasteiger charge is -2.08. The SMILES string of the molecule is CC(C)COCCNCc1ccc(-c2ccccc2)cc1. The van der Waals surface area contributed by atoms with Crippen molar-refractivity contribution < 1.29 is 4.74 Å². The first kappa shape index (κ1) is 15.7. The van der Waals surface area contributed by atoms with Crippen molar-refractivity contribution in [1.82, 2.24) is 5.32 Å². The fourth-order valence-electron chi connectivity index (χ4n) is 2.14. The molecule has 0 amide bonds. The van der Waals surface area contributed by atoms with Crippen LogP contribution in [0.5, 0.6) is 0 Å². The normalized spacial score (nSPS) is 11.0. The average molecular weight is 283 g/mol. The molecule has 0 aromatic heterocycles. The molecule has 0 aliphatic rings. The summed E-state index contributed by atoms with van der Waals surface area (Å²) in [7, 11) is 0. The highest BCUT2D eigenvalue weighted by molar-refractivity contribution is 5.63. The Morgan fingerprint density at radius 2 is 1.57 bits per heavy atom. The third-order valence-corrected chi connectivity index (χ3v) is 3.26. The Kier molecular flexibility index (Phi) is 6.45. The van der Waals surface area contributed by atoms with Gasteiger partial charge in [0.2, 0.25) is 0 Å². The van der Waals surface area contributed by atoms with Crippen LogP contribution in [0.4, 0.5) is 0 Å². The average Bonchev–Trinajstić information content (AvgIpc) is 2.52. The number of rotatable bonds is 8. The fraction of sp³-hybridized carbons (Fsp3) is 0.368. The van der Waals surface area contributed by atoms with Gasteiger partial charge in [-0.15, -0.1) is 0 Å². The van der Waals surface area contributed by atoms with Gasteiger partial charge in [-0.1, -0.05) is 68.4 Å². The van der Waals surface area contributed by atoms with Gasteiger partial charge in [0.1, 0.15) is 0 Å². The summed E-state index contributed by atoms with van der Waals surface area (Å²) in [6.07, 6.45) is 0. The van der Waals surface area contributed by atoms with E-state index in [2.05, 4.69) is 67.7 Å². The molecule has 0 unspecified atom stereocenters. The summed E-state index contributed by atoms with van der Waals surface area (Å²) in [6.45, 7) is 7.74. The van der Waals surface area contributed by atoms with E-state index in [1.165, 1.54) is 16.7 Å². The fourth-order valence-corrected chi connectivity index (χ4v) is 2.14. The minimum Gasteiger partial charge on any atom is -0.380 e. The van der Waals surface area contributed by atoms with Crippen molar-refractivity contribution in [2.75, 3.05) is 19.8 Å². The van der Waals surface area contributed by atoms with Crippen LogP contribution >= 0.6 is 0 Å². The molecular weight excluding hydrogens is 258 g/mol. The number of nitrogens with one attached hydrogen (secondary N) is 1. The van der Waals surface area contributed by atoms with Crippen LogP contribution in [0.25, 0.3) is 11.1 Å². The van der Waals surface area contributed by atoms with Crippen LogP contribution in [-0.2, 0) is 11.3 Å². The minimum absolute atomic E-state index is 0.607. The van der Waals surface area contributed by atoms with E-state index >= 15 is 0 Å². The summed E-state index contributed by atoms with van der Waals surface area (Å²) < 4.78 is 5.55. The predicted molar refractivity (Wildman–Crippen MR) is 89.2 cm³/mol. The first-order valence-corrected chi connectivity index (χ1v) is 7.68.